The van der Waals surface area contributed by atoms with Gasteiger partial charge in [0.2, 0.25) is 5.91 Å². The molecule has 1 fully saturated rings. The third-order valence-corrected chi connectivity index (χ3v) is 4.41. The molecule has 0 aliphatic carbocycles. The highest BCUT2D eigenvalue weighted by atomic mass is 16.5. The number of nitrogens with one attached hydrogen (secondary N) is 2. The first-order chi connectivity index (χ1) is 12.2. The van der Waals surface area contributed by atoms with E-state index in [0.717, 1.165) is 36.4 Å². The molecule has 0 radical (unpaired) electrons. The van der Waals surface area contributed by atoms with Crippen LogP contribution in [0.2, 0.25) is 0 Å². The van der Waals surface area contributed by atoms with Gasteiger partial charge in [-0.1, -0.05) is 12.1 Å². The van der Waals surface area contributed by atoms with Crippen LogP contribution in [0.3, 0.4) is 0 Å². The van der Waals surface area contributed by atoms with Crippen molar-refractivity contribution in [2.75, 3.05) is 25.1 Å². The SMILES string of the molecule is COc1cccc(CNC(=O)[C@H]2CCCN(c3cn[nH]c(=O)c3)C2)c1. The second kappa shape index (κ2) is 7.83. The van der Waals surface area contributed by atoms with E-state index in [9.17, 15) is 9.59 Å². The van der Waals surface area contributed by atoms with E-state index in [1.807, 2.05) is 29.2 Å². The highest BCUT2D eigenvalue weighted by Gasteiger charge is 2.26. The topological polar surface area (TPSA) is 87.3 Å². The van der Waals surface area contributed by atoms with Crippen LogP contribution in [0.1, 0.15) is 18.4 Å². The van der Waals surface area contributed by atoms with Gasteiger partial charge in [-0.3, -0.25) is 9.59 Å². The van der Waals surface area contributed by atoms with E-state index in [4.69, 9.17) is 4.74 Å². The van der Waals surface area contributed by atoms with E-state index < -0.39 is 0 Å². The molecular weight excluding hydrogens is 320 g/mol. The number of rotatable bonds is 5. The van der Waals surface area contributed by atoms with Gasteiger partial charge in [0.05, 0.1) is 24.9 Å². The number of aromatic amines is 1. The number of benzene rings is 1. The van der Waals surface area contributed by atoms with E-state index in [-0.39, 0.29) is 17.4 Å². The summed E-state index contributed by atoms with van der Waals surface area (Å²) in [5, 5.41) is 9.20. The van der Waals surface area contributed by atoms with Crippen LogP contribution in [-0.4, -0.2) is 36.3 Å². The van der Waals surface area contributed by atoms with Crippen molar-refractivity contribution in [3.63, 3.8) is 0 Å². The van der Waals surface area contributed by atoms with Crippen LogP contribution in [0, 0.1) is 5.92 Å². The normalized spacial score (nSPS) is 17.2. The molecule has 0 unspecified atom stereocenters. The molecule has 2 N–H and O–H groups in total. The number of amides is 1. The van der Waals surface area contributed by atoms with E-state index in [2.05, 4.69) is 15.5 Å². The molecule has 1 aromatic heterocycles. The second-order valence-electron chi connectivity index (χ2n) is 6.16. The minimum atomic E-state index is -0.234. The highest BCUT2D eigenvalue weighted by Crippen LogP contribution is 2.22. The van der Waals surface area contributed by atoms with Crippen LogP contribution in [0.4, 0.5) is 5.69 Å². The summed E-state index contributed by atoms with van der Waals surface area (Å²) in [5.74, 6) is 0.710. The zero-order valence-corrected chi connectivity index (χ0v) is 14.2. The van der Waals surface area contributed by atoms with Crippen LogP contribution >= 0.6 is 0 Å². The number of carbonyl (C=O) groups excluding carboxylic acids is 1. The van der Waals surface area contributed by atoms with E-state index in [1.165, 1.54) is 6.07 Å². The van der Waals surface area contributed by atoms with Crippen molar-refractivity contribution in [2.45, 2.75) is 19.4 Å². The summed E-state index contributed by atoms with van der Waals surface area (Å²) in [6, 6.07) is 9.17. The summed E-state index contributed by atoms with van der Waals surface area (Å²) < 4.78 is 5.20. The Morgan fingerprint density at radius 2 is 2.32 bits per heavy atom. The Kier molecular flexibility index (Phi) is 5.33. The summed E-state index contributed by atoms with van der Waals surface area (Å²) in [6.07, 6.45) is 3.37. The molecule has 2 heterocycles. The van der Waals surface area contributed by atoms with Crippen molar-refractivity contribution >= 4 is 11.6 Å². The predicted octanol–water partition coefficient (Wildman–Crippen LogP) is 1.31. The molecule has 1 atom stereocenters. The Morgan fingerprint density at radius 1 is 1.44 bits per heavy atom. The number of anilines is 1. The predicted molar refractivity (Wildman–Crippen MR) is 94.6 cm³/mol. The molecule has 3 rings (SSSR count). The molecule has 2 aromatic rings. The summed E-state index contributed by atoms with van der Waals surface area (Å²) in [6.45, 7) is 1.89. The van der Waals surface area contributed by atoms with Gasteiger partial charge in [-0.25, -0.2) is 5.10 Å². The van der Waals surface area contributed by atoms with Gasteiger partial charge in [0.25, 0.3) is 5.56 Å². The zero-order valence-electron chi connectivity index (χ0n) is 14.2. The lowest BCUT2D eigenvalue weighted by Crippen LogP contribution is -2.43. The van der Waals surface area contributed by atoms with Gasteiger partial charge in [-0.05, 0) is 30.5 Å². The number of hydrogen-bond acceptors (Lipinski definition) is 5. The Bertz CT molecular complexity index is 790. The maximum Gasteiger partial charge on any atom is 0.266 e. The summed E-state index contributed by atoms with van der Waals surface area (Å²) in [4.78, 5) is 26.0. The average Bonchev–Trinajstić information content (AvgIpc) is 2.66. The number of H-pyrrole nitrogens is 1. The molecule has 0 spiro atoms. The first-order valence-electron chi connectivity index (χ1n) is 8.36. The third kappa shape index (κ3) is 4.37. The van der Waals surface area contributed by atoms with Crippen LogP contribution in [0.15, 0.2) is 41.3 Å². The molecule has 7 heteroatoms. The second-order valence-corrected chi connectivity index (χ2v) is 6.16. The van der Waals surface area contributed by atoms with Crippen molar-refractivity contribution in [3.05, 3.63) is 52.4 Å². The minimum Gasteiger partial charge on any atom is -0.497 e. The van der Waals surface area contributed by atoms with E-state index >= 15 is 0 Å². The number of nitrogens with zero attached hydrogens (tertiary/aromatic N) is 2. The largest absolute Gasteiger partial charge is 0.497 e. The number of aromatic nitrogens is 2. The number of ether oxygens (including phenoxy) is 1. The van der Waals surface area contributed by atoms with Crippen LogP contribution in [0.25, 0.3) is 0 Å². The number of carbonyl (C=O) groups is 1. The third-order valence-electron chi connectivity index (χ3n) is 4.41. The Hall–Kier alpha value is -2.83. The quantitative estimate of drug-likeness (QED) is 0.855. The van der Waals surface area contributed by atoms with E-state index in [1.54, 1.807) is 13.3 Å². The van der Waals surface area contributed by atoms with Gasteiger partial charge in [-0.2, -0.15) is 5.10 Å². The van der Waals surface area contributed by atoms with Crippen molar-refractivity contribution < 1.29 is 9.53 Å². The fraction of sp³-hybridized carbons (Fsp3) is 0.389. The van der Waals surface area contributed by atoms with Gasteiger partial charge < -0.3 is 15.0 Å². The lowest BCUT2D eigenvalue weighted by Gasteiger charge is -2.33. The Balaban J connectivity index is 1.59. The first kappa shape index (κ1) is 17.0. The molecule has 0 saturated carbocycles. The average molecular weight is 342 g/mol. The van der Waals surface area contributed by atoms with Gasteiger partial charge in [0.1, 0.15) is 5.75 Å². The molecule has 25 heavy (non-hydrogen) atoms. The van der Waals surface area contributed by atoms with Crippen LogP contribution < -0.4 is 20.5 Å². The monoisotopic (exact) mass is 342 g/mol. The standard InChI is InChI=1S/C18H22N4O3/c1-25-16-6-2-4-13(8-16)10-19-18(24)14-5-3-7-22(12-14)15-9-17(23)21-20-11-15/h2,4,6,8-9,11,14H,3,5,7,10,12H2,1H3,(H,19,24)(H,21,23)/t14-/m0/s1. The number of piperidine rings is 1. The maximum atomic E-state index is 12.5. The molecule has 0 bridgehead atoms. The Labute approximate surface area is 146 Å². The fourth-order valence-corrected chi connectivity index (χ4v) is 3.08. The molecule has 1 aliphatic heterocycles. The molecule has 132 valence electrons. The van der Waals surface area contributed by atoms with Gasteiger partial charge in [0.15, 0.2) is 0 Å². The molecule has 1 amide bonds. The van der Waals surface area contributed by atoms with Crippen molar-refractivity contribution in [2.24, 2.45) is 5.92 Å². The van der Waals surface area contributed by atoms with Gasteiger partial charge in [-0.15, -0.1) is 0 Å². The highest BCUT2D eigenvalue weighted by molar-refractivity contribution is 5.79. The van der Waals surface area contributed by atoms with Crippen LogP contribution in [0.5, 0.6) is 5.75 Å². The molecule has 1 aliphatic rings. The summed E-state index contributed by atoms with van der Waals surface area (Å²) in [7, 11) is 1.62. The first-order valence-corrected chi connectivity index (χ1v) is 8.36. The number of methoxy groups -OCH3 is 1. The smallest absolute Gasteiger partial charge is 0.266 e. The summed E-state index contributed by atoms with van der Waals surface area (Å²) >= 11 is 0. The van der Waals surface area contributed by atoms with E-state index in [0.29, 0.717) is 13.1 Å². The number of hydrogen-bond donors (Lipinski definition) is 2. The molecular formula is C18H22N4O3. The fourth-order valence-electron chi connectivity index (χ4n) is 3.08. The van der Waals surface area contributed by atoms with Crippen LogP contribution in [-0.2, 0) is 11.3 Å². The molecule has 1 saturated heterocycles. The lowest BCUT2D eigenvalue weighted by molar-refractivity contribution is -0.125. The zero-order chi connectivity index (χ0) is 17.6. The van der Waals surface area contributed by atoms with Crippen molar-refractivity contribution in [1.29, 1.82) is 0 Å². The molecule has 1 aromatic carbocycles. The Morgan fingerprint density at radius 3 is 3.12 bits per heavy atom. The molecule has 7 nitrogen and oxygen atoms in total. The minimum absolute atomic E-state index is 0.0327. The van der Waals surface area contributed by atoms with Gasteiger partial charge >= 0.3 is 0 Å². The lowest BCUT2D eigenvalue weighted by atomic mass is 9.96. The van der Waals surface area contributed by atoms with Crippen molar-refractivity contribution in [3.8, 4) is 5.75 Å². The maximum absolute atomic E-state index is 12.5. The van der Waals surface area contributed by atoms with Crippen molar-refractivity contribution in [1.82, 2.24) is 15.5 Å². The van der Waals surface area contributed by atoms with Gasteiger partial charge in [0, 0.05) is 25.7 Å². The summed E-state index contributed by atoms with van der Waals surface area (Å²) in [5.41, 5.74) is 1.52.